The standard InChI is InChI=1S/C72H58/c1-69(2)61-21-15-14-20-53(61)54-29-22-44(36-62(54)69)45-23-30-55-56-31-24-46(38-64(56)70(3,4)63(55)37-45)47-25-32-57-58-33-26-48(40-66(58)71(5,6)65(57)39-47)49-27-34-59-60-35-28-50(42-68(60)72(7,8)67(59)41-49)52-19-13-12-18-51(52)43-16-10-9-11-17-43/h9-42H,1-8H3. The van der Waals surface area contributed by atoms with Crippen LogP contribution in [0.5, 0.6) is 0 Å². The molecule has 0 amide bonds. The van der Waals surface area contributed by atoms with E-state index in [-0.39, 0.29) is 21.7 Å². The third-order valence-electron chi connectivity index (χ3n) is 17.9. The van der Waals surface area contributed by atoms with Crippen LogP contribution in [0.25, 0.3) is 100 Å². The Morgan fingerprint density at radius 1 is 0.167 bits per heavy atom. The molecule has 0 bridgehead atoms. The van der Waals surface area contributed by atoms with E-state index in [0.29, 0.717) is 0 Å². The lowest BCUT2D eigenvalue weighted by Crippen LogP contribution is -2.16. The molecule has 0 aliphatic heterocycles. The Kier molecular flexibility index (Phi) is 8.89. The number of fused-ring (bicyclic) bond motifs is 12. The highest BCUT2D eigenvalue weighted by molar-refractivity contribution is 5.92. The Balaban J connectivity index is 0.751. The summed E-state index contributed by atoms with van der Waals surface area (Å²) in [5, 5.41) is 0. The molecule has 10 aromatic carbocycles. The Bertz CT molecular complexity index is 3960. The highest BCUT2D eigenvalue weighted by Crippen LogP contribution is 2.56. The van der Waals surface area contributed by atoms with Gasteiger partial charge in [-0.2, -0.15) is 0 Å². The van der Waals surface area contributed by atoms with Gasteiger partial charge in [-0.25, -0.2) is 0 Å². The minimum Gasteiger partial charge on any atom is -0.0622 e. The molecule has 0 atom stereocenters. The van der Waals surface area contributed by atoms with Gasteiger partial charge in [-0.15, -0.1) is 0 Å². The van der Waals surface area contributed by atoms with Gasteiger partial charge in [0.1, 0.15) is 0 Å². The van der Waals surface area contributed by atoms with Crippen molar-refractivity contribution in [3.63, 3.8) is 0 Å². The van der Waals surface area contributed by atoms with Crippen LogP contribution in [0.3, 0.4) is 0 Å². The van der Waals surface area contributed by atoms with Gasteiger partial charge in [0.05, 0.1) is 0 Å². The molecule has 4 aliphatic carbocycles. The first-order chi connectivity index (χ1) is 34.7. The summed E-state index contributed by atoms with van der Waals surface area (Å²) in [5.74, 6) is 0. The molecular formula is C72H58. The van der Waals surface area contributed by atoms with E-state index >= 15 is 0 Å². The monoisotopic (exact) mass is 922 g/mol. The average molecular weight is 923 g/mol. The Hall–Kier alpha value is -7.80. The summed E-state index contributed by atoms with van der Waals surface area (Å²) in [6, 6.07) is 78.8. The van der Waals surface area contributed by atoms with Crippen molar-refractivity contribution in [3.05, 3.63) is 251 Å². The molecule has 72 heavy (non-hydrogen) atoms. The molecule has 10 aromatic rings. The third kappa shape index (κ3) is 5.99. The Morgan fingerprint density at radius 2 is 0.389 bits per heavy atom. The van der Waals surface area contributed by atoms with Gasteiger partial charge in [-0.05, 0) is 187 Å². The molecule has 0 heteroatoms. The minimum absolute atomic E-state index is 0.0259. The van der Waals surface area contributed by atoms with Gasteiger partial charge in [-0.3, -0.25) is 0 Å². The van der Waals surface area contributed by atoms with Crippen molar-refractivity contribution in [2.45, 2.75) is 77.0 Å². The van der Waals surface area contributed by atoms with Gasteiger partial charge < -0.3 is 0 Å². The second-order valence-corrected chi connectivity index (χ2v) is 23.3. The maximum Gasteiger partial charge on any atom is 0.0159 e. The SMILES string of the molecule is CC1(C)c2ccccc2-c2ccc(-c3ccc4c(c3)C(C)(C)c3cc(-c5ccc6c(c5)C(C)(C)c5cc(-c7ccc8c(c7)C(C)(C)c7cc(-c9ccccc9-c9ccccc9)ccc7-8)ccc5-6)ccc3-4)cc21. The van der Waals surface area contributed by atoms with Crippen LogP contribution >= 0.6 is 0 Å². The highest BCUT2D eigenvalue weighted by atomic mass is 14.4. The molecule has 0 nitrogen and oxygen atoms in total. The summed E-state index contributed by atoms with van der Waals surface area (Å²) >= 11 is 0. The normalized spacial score (nSPS) is 15.9. The van der Waals surface area contributed by atoms with Crippen LogP contribution in [0.15, 0.2) is 206 Å². The number of benzene rings is 10. The van der Waals surface area contributed by atoms with Crippen molar-refractivity contribution in [2.24, 2.45) is 0 Å². The molecule has 0 radical (unpaired) electrons. The lowest BCUT2D eigenvalue weighted by atomic mass is 9.79. The summed E-state index contributed by atoms with van der Waals surface area (Å²) in [5.41, 5.74) is 34.3. The summed E-state index contributed by atoms with van der Waals surface area (Å²) in [7, 11) is 0. The molecular weight excluding hydrogens is 865 g/mol. The van der Waals surface area contributed by atoms with Gasteiger partial charge in [-0.1, -0.05) is 219 Å². The van der Waals surface area contributed by atoms with E-state index < -0.39 is 0 Å². The fourth-order valence-corrected chi connectivity index (χ4v) is 13.8. The second-order valence-electron chi connectivity index (χ2n) is 23.3. The Labute approximate surface area is 425 Å². The molecule has 0 spiro atoms. The molecule has 0 aromatic heterocycles. The van der Waals surface area contributed by atoms with Crippen LogP contribution < -0.4 is 0 Å². The van der Waals surface area contributed by atoms with Crippen molar-refractivity contribution >= 4 is 0 Å². The third-order valence-corrected chi connectivity index (χ3v) is 17.9. The molecule has 14 rings (SSSR count). The fraction of sp³-hybridized carbons (Fsp3) is 0.167. The average Bonchev–Trinajstić information content (AvgIpc) is 3.97. The van der Waals surface area contributed by atoms with Crippen molar-refractivity contribution in [2.75, 3.05) is 0 Å². The van der Waals surface area contributed by atoms with Crippen molar-refractivity contribution in [1.29, 1.82) is 0 Å². The minimum atomic E-state index is -0.159. The molecule has 0 fully saturated rings. The van der Waals surface area contributed by atoms with Gasteiger partial charge in [0.15, 0.2) is 0 Å². The predicted molar refractivity (Wildman–Crippen MR) is 304 cm³/mol. The van der Waals surface area contributed by atoms with Gasteiger partial charge >= 0.3 is 0 Å². The van der Waals surface area contributed by atoms with Crippen molar-refractivity contribution in [3.8, 4) is 100 Å². The first-order valence-corrected chi connectivity index (χ1v) is 26.0. The lowest BCUT2D eigenvalue weighted by molar-refractivity contribution is 0.659. The molecule has 346 valence electrons. The number of hydrogen-bond donors (Lipinski definition) is 0. The van der Waals surface area contributed by atoms with Gasteiger partial charge in [0, 0.05) is 21.7 Å². The summed E-state index contributed by atoms with van der Waals surface area (Å²) in [6.07, 6.45) is 0. The second kappa shape index (κ2) is 14.9. The van der Waals surface area contributed by atoms with Crippen LogP contribution in [-0.4, -0.2) is 0 Å². The van der Waals surface area contributed by atoms with Crippen LogP contribution in [0.1, 0.15) is 99.9 Å². The van der Waals surface area contributed by atoms with Gasteiger partial charge in [0.25, 0.3) is 0 Å². The molecule has 4 aliphatic rings. The van der Waals surface area contributed by atoms with Crippen LogP contribution in [-0.2, 0) is 21.7 Å². The molecule has 0 saturated carbocycles. The first-order valence-electron chi connectivity index (χ1n) is 26.0. The highest BCUT2D eigenvalue weighted by Gasteiger charge is 2.40. The predicted octanol–water partition coefficient (Wildman–Crippen LogP) is 19.2. The van der Waals surface area contributed by atoms with E-state index in [1.54, 1.807) is 0 Å². The van der Waals surface area contributed by atoms with E-state index in [1.165, 1.54) is 145 Å². The van der Waals surface area contributed by atoms with E-state index in [4.69, 9.17) is 0 Å². The number of hydrogen-bond acceptors (Lipinski definition) is 0. The zero-order chi connectivity index (χ0) is 49.1. The maximum atomic E-state index is 2.49. The fourth-order valence-electron chi connectivity index (χ4n) is 13.8. The molecule has 0 heterocycles. The first kappa shape index (κ1) is 43.0. The Morgan fingerprint density at radius 3 is 0.722 bits per heavy atom. The summed E-state index contributed by atoms with van der Waals surface area (Å²) in [6.45, 7) is 19.2. The molecule has 0 saturated heterocycles. The number of rotatable bonds is 5. The molecule has 0 N–H and O–H groups in total. The lowest BCUT2D eigenvalue weighted by Gasteiger charge is -2.24. The summed E-state index contributed by atoms with van der Waals surface area (Å²) < 4.78 is 0. The molecule has 0 unspecified atom stereocenters. The van der Waals surface area contributed by atoms with E-state index in [9.17, 15) is 0 Å². The van der Waals surface area contributed by atoms with E-state index in [0.717, 1.165) is 0 Å². The largest absolute Gasteiger partial charge is 0.0622 e. The maximum absolute atomic E-state index is 2.49. The zero-order valence-corrected chi connectivity index (χ0v) is 42.6. The van der Waals surface area contributed by atoms with Crippen molar-refractivity contribution in [1.82, 2.24) is 0 Å². The van der Waals surface area contributed by atoms with E-state index in [1.807, 2.05) is 0 Å². The summed E-state index contributed by atoms with van der Waals surface area (Å²) in [4.78, 5) is 0. The zero-order valence-electron chi connectivity index (χ0n) is 42.6. The topological polar surface area (TPSA) is 0 Å². The smallest absolute Gasteiger partial charge is 0.0159 e. The van der Waals surface area contributed by atoms with Crippen LogP contribution in [0.4, 0.5) is 0 Å². The van der Waals surface area contributed by atoms with Crippen molar-refractivity contribution < 1.29 is 0 Å². The van der Waals surface area contributed by atoms with Crippen LogP contribution in [0, 0.1) is 0 Å². The quantitative estimate of drug-likeness (QED) is 0.161. The van der Waals surface area contributed by atoms with Crippen LogP contribution in [0.2, 0.25) is 0 Å². The van der Waals surface area contributed by atoms with Gasteiger partial charge in [0.2, 0.25) is 0 Å². The van der Waals surface area contributed by atoms with E-state index in [2.05, 4.69) is 262 Å².